The molecule has 4 heteroatoms. The van der Waals surface area contributed by atoms with E-state index in [1.807, 2.05) is 32.0 Å². The number of carbonyl (C=O) groups is 1. The normalized spacial score (nSPS) is 11.8. The molecule has 5 rings (SSSR count). The van der Waals surface area contributed by atoms with Gasteiger partial charge in [-0.2, -0.15) is 0 Å². The summed E-state index contributed by atoms with van der Waals surface area (Å²) in [6.45, 7) is 3.66. The van der Waals surface area contributed by atoms with Gasteiger partial charge in [-0.25, -0.2) is 4.79 Å². The minimum atomic E-state index is -0.842. The average molecular weight is 414 g/mol. The van der Waals surface area contributed by atoms with Crippen molar-refractivity contribution in [1.82, 2.24) is 0 Å². The standard InChI is InChI=1S/C26H21O3S/c1-26(2,24-15-8-16-28-24)29-25(27)18-9-7-10-19(17-18)30-22-13-5-3-11-20(22)21-12-4-6-14-23(21)30/h3-17H,1-2H3/q+1. The maximum absolute atomic E-state index is 13.0. The van der Waals surface area contributed by atoms with Crippen molar-refractivity contribution in [3.63, 3.8) is 0 Å². The van der Waals surface area contributed by atoms with Crippen LogP contribution in [0.5, 0.6) is 0 Å². The molecule has 0 N–H and O–H groups in total. The highest BCUT2D eigenvalue weighted by Gasteiger charge is 2.30. The largest absolute Gasteiger partial charge is 0.465 e. The van der Waals surface area contributed by atoms with Crippen LogP contribution in [0.3, 0.4) is 0 Å². The van der Waals surface area contributed by atoms with Crippen molar-refractivity contribution in [1.29, 1.82) is 0 Å². The molecule has 0 amide bonds. The third-order valence-electron chi connectivity index (χ3n) is 5.27. The second-order valence-electron chi connectivity index (χ2n) is 7.70. The molecule has 0 aliphatic carbocycles. The van der Waals surface area contributed by atoms with Crippen LogP contribution in [0.2, 0.25) is 0 Å². The fourth-order valence-corrected chi connectivity index (χ4v) is 6.25. The monoisotopic (exact) mass is 413 g/mol. The highest BCUT2D eigenvalue weighted by Crippen LogP contribution is 2.48. The Morgan fingerprint density at radius 2 is 1.50 bits per heavy atom. The smallest absolute Gasteiger partial charge is 0.339 e. The van der Waals surface area contributed by atoms with E-state index in [1.54, 1.807) is 18.4 Å². The van der Waals surface area contributed by atoms with Crippen LogP contribution < -0.4 is 0 Å². The summed E-state index contributed by atoms with van der Waals surface area (Å²) in [5.41, 5.74) is -0.299. The molecule has 0 aliphatic heterocycles. The van der Waals surface area contributed by atoms with Crippen LogP contribution >= 0.6 is 10.5 Å². The van der Waals surface area contributed by atoms with Crippen molar-refractivity contribution in [2.24, 2.45) is 0 Å². The molecule has 3 aromatic carbocycles. The van der Waals surface area contributed by atoms with Gasteiger partial charge in [-0.1, -0.05) is 30.3 Å². The van der Waals surface area contributed by atoms with Crippen molar-refractivity contribution in [2.45, 2.75) is 19.4 Å². The molecular formula is C26H21O3S+. The Balaban J connectivity index is 1.58. The molecular weight excluding hydrogens is 392 g/mol. The molecule has 0 spiro atoms. The van der Waals surface area contributed by atoms with Crippen LogP contribution in [0, 0.1) is 0 Å². The summed E-state index contributed by atoms with van der Waals surface area (Å²) in [5.74, 6) is 0.259. The zero-order valence-electron chi connectivity index (χ0n) is 16.8. The lowest BCUT2D eigenvalue weighted by Crippen LogP contribution is -2.25. The Labute approximate surface area is 177 Å². The summed E-state index contributed by atoms with van der Waals surface area (Å²) in [6.07, 6.45) is 1.58. The first-order valence-electron chi connectivity index (χ1n) is 9.85. The molecule has 0 fully saturated rings. The van der Waals surface area contributed by atoms with E-state index in [2.05, 4.69) is 54.6 Å². The first-order chi connectivity index (χ1) is 14.5. The molecule has 148 valence electrons. The summed E-state index contributed by atoms with van der Waals surface area (Å²) in [7, 11) is -0.246. The first-order valence-corrected chi connectivity index (χ1v) is 11.1. The number of hydrogen-bond acceptors (Lipinski definition) is 3. The zero-order valence-corrected chi connectivity index (χ0v) is 17.6. The summed E-state index contributed by atoms with van der Waals surface area (Å²) in [4.78, 5) is 14.1. The van der Waals surface area contributed by atoms with E-state index >= 15 is 0 Å². The molecule has 2 heterocycles. The topological polar surface area (TPSA) is 39.4 Å². The van der Waals surface area contributed by atoms with Gasteiger partial charge in [-0.05, 0) is 62.4 Å². The second kappa shape index (κ2) is 7.15. The van der Waals surface area contributed by atoms with Crippen LogP contribution in [0.25, 0.3) is 25.1 Å². The van der Waals surface area contributed by atoms with Gasteiger partial charge in [0.15, 0.2) is 19.9 Å². The van der Waals surface area contributed by atoms with E-state index < -0.39 is 5.60 Å². The Kier molecular flexibility index (Phi) is 4.44. The summed E-state index contributed by atoms with van der Waals surface area (Å²) >= 11 is 0. The van der Waals surface area contributed by atoms with Crippen molar-refractivity contribution in [2.75, 3.05) is 0 Å². The second-order valence-corrected chi connectivity index (χ2v) is 9.67. The predicted molar refractivity (Wildman–Crippen MR) is 122 cm³/mol. The minimum Gasteiger partial charge on any atom is -0.465 e. The van der Waals surface area contributed by atoms with Gasteiger partial charge in [0.05, 0.1) is 11.8 Å². The number of carbonyl (C=O) groups excluding carboxylic acids is 1. The van der Waals surface area contributed by atoms with Crippen molar-refractivity contribution in [3.05, 3.63) is 103 Å². The fraction of sp³-hybridized carbons (Fsp3) is 0.115. The lowest BCUT2D eigenvalue weighted by Gasteiger charge is -2.22. The zero-order chi connectivity index (χ0) is 20.7. The summed E-state index contributed by atoms with van der Waals surface area (Å²) in [6, 6.07) is 28.4. The SMILES string of the molecule is CC(C)(OC(=O)c1cccc(-[s+]2c3ccccc3c3ccccc32)c1)c1ccco1. The fourth-order valence-electron chi connectivity index (χ4n) is 3.82. The van der Waals surface area contributed by atoms with Gasteiger partial charge in [0, 0.05) is 27.3 Å². The molecule has 0 aliphatic rings. The number of ether oxygens (including phenoxy) is 1. The van der Waals surface area contributed by atoms with Gasteiger partial charge in [0.1, 0.15) is 5.76 Å². The third kappa shape index (κ3) is 3.10. The lowest BCUT2D eigenvalue weighted by molar-refractivity contribution is -0.0126. The molecule has 5 aromatic rings. The molecule has 0 unspecified atom stereocenters. The highest BCUT2D eigenvalue weighted by atomic mass is 32.2. The molecule has 0 bridgehead atoms. The molecule has 2 aromatic heterocycles. The van der Waals surface area contributed by atoms with Crippen LogP contribution in [0.4, 0.5) is 0 Å². The van der Waals surface area contributed by atoms with E-state index in [4.69, 9.17) is 9.15 Å². The van der Waals surface area contributed by atoms with E-state index in [0.29, 0.717) is 11.3 Å². The van der Waals surface area contributed by atoms with Crippen molar-refractivity contribution in [3.8, 4) is 4.90 Å². The maximum atomic E-state index is 13.0. The van der Waals surface area contributed by atoms with E-state index in [-0.39, 0.29) is 16.4 Å². The molecule has 0 saturated carbocycles. The summed E-state index contributed by atoms with van der Waals surface area (Å²) < 4.78 is 13.8. The number of rotatable bonds is 4. The number of benzene rings is 3. The number of thiophene rings is 1. The molecule has 0 radical (unpaired) electrons. The van der Waals surface area contributed by atoms with Gasteiger partial charge in [-0.15, -0.1) is 0 Å². The number of furan rings is 1. The molecule has 3 nitrogen and oxygen atoms in total. The van der Waals surface area contributed by atoms with Gasteiger partial charge < -0.3 is 9.15 Å². The maximum Gasteiger partial charge on any atom is 0.339 e. The van der Waals surface area contributed by atoms with Gasteiger partial charge in [0.25, 0.3) is 0 Å². The van der Waals surface area contributed by atoms with E-state index in [1.165, 1.54) is 20.2 Å². The van der Waals surface area contributed by atoms with E-state index in [9.17, 15) is 4.79 Å². The number of esters is 1. The minimum absolute atomic E-state index is 0.246. The van der Waals surface area contributed by atoms with Crippen LogP contribution in [-0.2, 0) is 10.3 Å². The molecule has 0 saturated heterocycles. The number of hydrogen-bond donors (Lipinski definition) is 0. The van der Waals surface area contributed by atoms with Crippen LogP contribution in [-0.4, -0.2) is 5.97 Å². The number of fused-ring (bicyclic) bond motifs is 3. The Morgan fingerprint density at radius 1 is 0.833 bits per heavy atom. The third-order valence-corrected chi connectivity index (χ3v) is 7.59. The van der Waals surface area contributed by atoms with Gasteiger partial charge in [-0.3, -0.25) is 0 Å². The summed E-state index contributed by atoms with van der Waals surface area (Å²) in [5, 5.41) is 2.53. The average Bonchev–Trinajstić information content (AvgIpc) is 3.41. The van der Waals surface area contributed by atoms with Crippen molar-refractivity contribution >= 4 is 36.6 Å². The first kappa shape index (κ1) is 18.6. The molecule has 0 atom stereocenters. The van der Waals surface area contributed by atoms with Crippen LogP contribution in [0.15, 0.2) is 95.6 Å². The van der Waals surface area contributed by atoms with Gasteiger partial charge in [0.2, 0.25) is 0 Å². The van der Waals surface area contributed by atoms with Crippen LogP contribution in [0.1, 0.15) is 30.0 Å². The molecule has 30 heavy (non-hydrogen) atoms. The Morgan fingerprint density at radius 3 is 2.13 bits per heavy atom. The predicted octanol–water partition coefficient (Wildman–Crippen LogP) is 7.42. The Hall–Kier alpha value is -3.37. The lowest BCUT2D eigenvalue weighted by atomic mass is 10.1. The Bertz CT molecular complexity index is 1310. The van der Waals surface area contributed by atoms with Gasteiger partial charge >= 0.3 is 5.97 Å². The highest BCUT2D eigenvalue weighted by molar-refractivity contribution is 7.50. The quantitative estimate of drug-likeness (QED) is 0.227. The van der Waals surface area contributed by atoms with Crippen molar-refractivity contribution < 1.29 is 13.9 Å². The van der Waals surface area contributed by atoms with E-state index in [0.717, 1.165) is 4.90 Å².